The van der Waals surface area contributed by atoms with Crippen molar-refractivity contribution in [3.8, 4) is 17.1 Å². The molecule has 2 aromatic heterocycles. The van der Waals surface area contributed by atoms with Crippen molar-refractivity contribution in [2.24, 2.45) is 17.3 Å². The Morgan fingerprint density at radius 1 is 1.02 bits per heavy atom. The van der Waals surface area contributed by atoms with E-state index < -0.39 is 23.4 Å². The first-order valence-electron chi connectivity index (χ1n) is 13.4. The molecular formula is C31H26F4N4O. The third-order valence-corrected chi connectivity index (χ3v) is 8.91. The molecule has 0 spiro atoms. The summed E-state index contributed by atoms with van der Waals surface area (Å²) in [5.74, 6) is -2.96. The van der Waals surface area contributed by atoms with Gasteiger partial charge in [-0.3, -0.25) is 0 Å². The van der Waals surface area contributed by atoms with Gasteiger partial charge in [0.15, 0.2) is 0 Å². The molecule has 4 aromatic rings. The first kappa shape index (κ1) is 25.0. The maximum Gasteiger partial charge on any atom is 0.392 e. The molecule has 1 fully saturated rings. The number of halogens is 4. The number of allylic oxidation sites excluding steroid dienone is 3. The lowest BCUT2D eigenvalue weighted by atomic mass is 9.54. The Bertz CT molecular complexity index is 1630. The fourth-order valence-electron chi connectivity index (χ4n) is 6.98. The van der Waals surface area contributed by atoms with Crippen molar-refractivity contribution >= 4 is 6.08 Å². The zero-order chi connectivity index (χ0) is 27.6. The van der Waals surface area contributed by atoms with E-state index in [2.05, 4.69) is 28.3 Å². The highest BCUT2D eigenvalue weighted by atomic mass is 19.4. The van der Waals surface area contributed by atoms with Crippen LogP contribution in [0.15, 0.2) is 82.4 Å². The van der Waals surface area contributed by atoms with E-state index in [4.69, 9.17) is 4.42 Å². The Hall–Kier alpha value is -4.01. The van der Waals surface area contributed by atoms with E-state index in [1.165, 1.54) is 17.7 Å². The lowest BCUT2D eigenvalue weighted by Crippen LogP contribution is -2.44. The molecule has 4 atom stereocenters. The minimum atomic E-state index is -4.40. The molecule has 0 unspecified atom stereocenters. The molecule has 0 amide bonds. The average Bonchev–Trinajstić information content (AvgIpc) is 3.59. The van der Waals surface area contributed by atoms with Crippen molar-refractivity contribution in [3.05, 3.63) is 101 Å². The largest absolute Gasteiger partial charge is 0.420 e. The molecule has 0 saturated heterocycles. The summed E-state index contributed by atoms with van der Waals surface area (Å²) in [6.45, 7) is 2.13. The van der Waals surface area contributed by atoms with Crippen LogP contribution in [-0.4, -0.2) is 26.2 Å². The minimum absolute atomic E-state index is 0.0495. The average molecular weight is 547 g/mol. The maximum atomic E-state index is 14.4. The Morgan fingerprint density at radius 3 is 2.55 bits per heavy atom. The molecule has 3 aliphatic rings. The third-order valence-electron chi connectivity index (χ3n) is 8.91. The quantitative estimate of drug-likeness (QED) is 0.195. The van der Waals surface area contributed by atoms with Crippen LogP contribution < -0.4 is 0 Å². The summed E-state index contributed by atoms with van der Waals surface area (Å²) in [5, 5.41) is 12.9. The summed E-state index contributed by atoms with van der Waals surface area (Å²) in [7, 11) is 0. The van der Waals surface area contributed by atoms with Crippen LogP contribution in [0.2, 0.25) is 0 Å². The number of benzene rings is 2. The normalized spacial score (nSPS) is 25.9. The summed E-state index contributed by atoms with van der Waals surface area (Å²) in [4.78, 5) is 0. The number of hydrogen-bond donors (Lipinski definition) is 0. The predicted octanol–water partition coefficient (Wildman–Crippen LogP) is 7.71. The van der Waals surface area contributed by atoms with Crippen molar-refractivity contribution in [2.75, 3.05) is 0 Å². The molecule has 3 aliphatic carbocycles. The Balaban J connectivity index is 1.27. The van der Waals surface area contributed by atoms with Crippen molar-refractivity contribution in [3.63, 3.8) is 0 Å². The van der Waals surface area contributed by atoms with E-state index in [-0.39, 0.29) is 29.9 Å². The Labute approximate surface area is 228 Å². The maximum absolute atomic E-state index is 14.4. The van der Waals surface area contributed by atoms with E-state index in [9.17, 15) is 17.6 Å². The van der Waals surface area contributed by atoms with E-state index in [1.54, 1.807) is 28.9 Å². The van der Waals surface area contributed by atoms with Crippen LogP contribution in [0.1, 0.15) is 49.3 Å². The van der Waals surface area contributed by atoms with E-state index in [0.29, 0.717) is 24.8 Å². The number of nitrogens with zero attached hydrogens (tertiary/aromatic N) is 4. The predicted molar refractivity (Wildman–Crippen MR) is 141 cm³/mol. The molecule has 0 bridgehead atoms. The van der Waals surface area contributed by atoms with Gasteiger partial charge in [-0.1, -0.05) is 42.3 Å². The highest BCUT2D eigenvalue weighted by molar-refractivity contribution is 5.64. The lowest BCUT2D eigenvalue weighted by molar-refractivity contribution is -0.187. The van der Waals surface area contributed by atoms with Gasteiger partial charge in [-0.2, -0.15) is 18.3 Å². The highest BCUT2D eigenvalue weighted by Gasteiger charge is 2.56. The van der Waals surface area contributed by atoms with Gasteiger partial charge in [-0.15, -0.1) is 10.2 Å². The summed E-state index contributed by atoms with van der Waals surface area (Å²) >= 11 is 0. The summed E-state index contributed by atoms with van der Waals surface area (Å²) in [6, 6.07) is 15.3. The first-order valence-corrected chi connectivity index (χ1v) is 13.4. The smallest absolute Gasteiger partial charge is 0.392 e. The second-order valence-corrected chi connectivity index (χ2v) is 11.1. The number of hydrogen-bond acceptors (Lipinski definition) is 4. The topological polar surface area (TPSA) is 56.7 Å². The molecule has 0 aliphatic heterocycles. The summed E-state index contributed by atoms with van der Waals surface area (Å²) < 4.78 is 64.5. The van der Waals surface area contributed by atoms with E-state index in [1.807, 2.05) is 30.5 Å². The van der Waals surface area contributed by atoms with Gasteiger partial charge in [0.05, 0.1) is 29.4 Å². The number of rotatable bonds is 3. The van der Waals surface area contributed by atoms with Crippen molar-refractivity contribution in [2.45, 2.75) is 44.7 Å². The van der Waals surface area contributed by atoms with Gasteiger partial charge >= 0.3 is 6.18 Å². The Morgan fingerprint density at radius 2 is 1.80 bits per heavy atom. The van der Waals surface area contributed by atoms with Crippen LogP contribution in [0, 0.1) is 23.1 Å². The number of aromatic nitrogens is 4. The van der Waals surface area contributed by atoms with Crippen molar-refractivity contribution < 1.29 is 22.0 Å². The zero-order valence-electron chi connectivity index (χ0n) is 21.7. The fourth-order valence-corrected chi connectivity index (χ4v) is 6.98. The molecule has 9 heteroatoms. The minimum Gasteiger partial charge on any atom is -0.420 e. The highest BCUT2D eigenvalue weighted by Crippen LogP contribution is 2.61. The van der Waals surface area contributed by atoms with Crippen LogP contribution in [0.5, 0.6) is 0 Å². The number of fused-ring (bicyclic) bond motifs is 4. The van der Waals surface area contributed by atoms with Gasteiger partial charge in [-0.25, -0.2) is 9.07 Å². The van der Waals surface area contributed by atoms with Crippen LogP contribution in [-0.2, 0) is 6.42 Å². The van der Waals surface area contributed by atoms with Gasteiger partial charge in [-0.05, 0) is 79.6 Å². The molecule has 2 heterocycles. The molecule has 204 valence electrons. The second kappa shape index (κ2) is 9.01. The van der Waals surface area contributed by atoms with Crippen LogP contribution in [0.4, 0.5) is 17.6 Å². The monoisotopic (exact) mass is 546 g/mol. The van der Waals surface area contributed by atoms with Gasteiger partial charge in [0.1, 0.15) is 5.82 Å². The number of alkyl halides is 3. The summed E-state index contributed by atoms with van der Waals surface area (Å²) in [5.41, 5.74) is 5.12. The van der Waals surface area contributed by atoms with Gasteiger partial charge in [0.2, 0.25) is 11.8 Å². The molecule has 2 aromatic carbocycles. The van der Waals surface area contributed by atoms with Crippen LogP contribution in [0.25, 0.3) is 23.2 Å². The molecule has 40 heavy (non-hydrogen) atoms. The molecule has 7 rings (SSSR count). The third kappa shape index (κ3) is 3.93. The molecule has 0 radical (unpaired) electrons. The van der Waals surface area contributed by atoms with Crippen LogP contribution >= 0.6 is 0 Å². The molecular weight excluding hydrogens is 520 g/mol. The fraction of sp³-hybridized carbons (Fsp3) is 0.323. The zero-order valence-corrected chi connectivity index (χ0v) is 21.7. The van der Waals surface area contributed by atoms with E-state index >= 15 is 0 Å². The van der Waals surface area contributed by atoms with E-state index in [0.717, 1.165) is 22.5 Å². The Kier molecular flexibility index (Phi) is 5.63. The van der Waals surface area contributed by atoms with Gasteiger partial charge in [0, 0.05) is 11.0 Å². The SMILES string of the molecule is C[C@]12Cc3cnn(-c4ccc(F)cc4)c3C=C1CC[C@H]1C2=CC[C@@H](C(F)(F)F)[C@@H]1c1nnc(-c2ccccc2)o1. The lowest BCUT2D eigenvalue weighted by Gasteiger charge is -2.50. The van der Waals surface area contributed by atoms with Gasteiger partial charge < -0.3 is 4.42 Å². The molecule has 0 N–H and O–H groups in total. The molecule has 5 nitrogen and oxygen atoms in total. The molecule has 1 saturated carbocycles. The van der Waals surface area contributed by atoms with Crippen LogP contribution in [0.3, 0.4) is 0 Å². The van der Waals surface area contributed by atoms with Crippen molar-refractivity contribution in [1.29, 1.82) is 0 Å². The standard InChI is InChI=1S/C31H26F4N4O/c1-30-16-19-17-36-39(22-10-8-21(32)9-11-22)26(19)15-20(30)7-12-23-24(30)13-14-25(31(33,34)35)27(23)29-38-37-28(40-29)18-5-3-2-4-6-18/h2-6,8-11,13,15,17,23,25,27H,7,12,14,16H2,1H3/t23-,25+,27+,30-/m0/s1. The van der Waals surface area contributed by atoms with Crippen molar-refractivity contribution in [1.82, 2.24) is 20.0 Å². The van der Waals surface area contributed by atoms with Gasteiger partial charge in [0.25, 0.3) is 0 Å². The second-order valence-electron chi connectivity index (χ2n) is 11.1. The first-order chi connectivity index (χ1) is 19.2. The summed E-state index contributed by atoms with van der Waals surface area (Å²) in [6.07, 6.45) is 3.04.